The summed E-state index contributed by atoms with van der Waals surface area (Å²) in [5.41, 5.74) is -3.12. The Kier molecular flexibility index (Phi) is 14.2. The lowest BCUT2D eigenvalue weighted by Gasteiger charge is -2.29. The van der Waals surface area contributed by atoms with E-state index in [0.717, 1.165) is 0 Å². The quantitative estimate of drug-likeness (QED) is 0.418. The molecule has 0 rings (SSSR count). The van der Waals surface area contributed by atoms with Crippen molar-refractivity contribution < 1.29 is 26.3 Å². The van der Waals surface area contributed by atoms with Gasteiger partial charge in [-0.2, -0.15) is 26.3 Å². The van der Waals surface area contributed by atoms with Gasteiger partial charge in [-0.1, -0.05) is 50.0 Å². The molecule has 6 heteroatoms. The zero-order chi connectivity index (χ0) is 14.0. The molecule has 19 heavy (non-hydrogen) atoms. The van der Waals surface area contributed by atoms with Gasteiger partial charge < -0.3 is 0 Å². The van der Waals surface area contributed by atoms with E-state index >= 15 is 0 Å². The largest absolute Gasteiger partial charge is 0.402 e. The van der Waals surface area contributed by atoms with E-state index in [9.17, 15) is 26.3 Å². The fraction of sp³-hybridized carbons (Fsp3) is 1.00. The lowest BCUT2D eigenvalue weighted by atomic mass is 9.92. The van der Waals surface area contributed by atoms with Crippen LogP contribution < -0.4 is 0 Å². The Morgan fingerprint density at radius 1 is 0.474 bits per heavy atom. The zero-order valence-corrected chi connectivity index (χ0v) is 10.3. The fourth-order valence-electron chi connectivity index (χ4n) is 0.161. The minimum absolute atomic E-state index is 0. The topological polar surface area (TPSA) is 0 Å². The summed E-state index contributed by atoms with van der Waals surface area (Å²) in [6, 6.07) is 0. The van der Waals surface area contributed by atoms with Gasteiger partial charge in [0.25, 0.3) is 0 Å². The molecule has 0 N–H and O–H groups in total. The van der Waals surface area contributed by atoms with Crippen LogP contribution in [-0.4, -0.2) is 12.4 Å². The van der Waals surface area contributed by atoms with Crippen molar-refractivity contribution >= 4 is 0 Å². The SMILES string of the molecule is C.C.C.CC(C)(C(F)(F)F)C(F)(F)F.CC(C)(C)C. The molecule has 124 valence electrons. The first-order valence-corrected chi connectivity index (χ1v) is 4.63. The van der Waals surface area contributed by atoms with Crippen molar-refractivity contribution in [3.05, 3.63) is 0 Å². The van der Waals surface area contributed by atoms with Crippen LogP contribution in [0.5, 0.6) is 0 Å². The molecule has 0 amide bonds. The van der Waals surface area contributed by atoms with E-state index in [0.29, 0.717) is 5.41 Å². The molecule has 0 aliphatic rings. The van der Waals surface area contributed by atoms with E-state index in [1.54, 1.807) is 0 Å². The number of hydrogen-bond donors (Lipinski definition) is 0. The highest BCUT2D eigenvalue weighted by molar-refractivity contribution is 4.84. The molecule has 0 nitrogen and oxygen atoms in total. The Balaban J connectivity index is -0.0000000717. The second-order valence-electron chi connectivity index (χ2n) is 5.62. The molecule has 0 aromatic heterocycles. The van der Waals surface area contributed by atoms with Gasteiger partial charge in [0, 0.05) is 0 Å². The van der Waals surface area contributed by atoms with Gasteiger partial charge in [0.2, 0.25) is 0 Å². The van der Waals surface area contributed by atoms with E-state index in [4.69, 9.17) is 0 Å². The highest BCUT2D eigenvalue weighted by Crippen LogP contribution is 2.49. The summed E-state index contributed by atoms with van der Waals surface area (Å²) in [4.78, 5) is 0. The predicted molar refractivity (Wildman–Crippen MR) is 71.2 cm³/mol. The zero-order valence-electron chi connectivity index (χ0n) is 10.3. The Morgan fingerprint density at radius 2 is 0.579 bits per heavy atom. The molecule has 0 bridgehead atoms. The van der Waals surface area contributed by atoms with Crippen LogP contribution in [-0.2, 0) is 0 Å². The van der Waals surface area contributed by atoms with Crippen LogP contribution in [0.25, 0.3) is 0 Å². The molecule has 0 fully saturated rings. The van der Waals surface area contributed by atoms with Gasteiger partial charge in [-0.15, -0.1) is 0 Å². The predicted octanol–water partition coefficient (Wildman–Crippen LogP) is 7.10. The van der Waals surface area contributed by atoms with Crippen LogP contribution in [0.2, 0.25) is 0 Å². The molecule has 0 spiro atoms. The minimum Gasteiger partial charge on any atom is -0.170 e. The van der Waals surface area contributed by atoms with Crippen LogP contribution >= 0.6 is 0 Å². The molecule has 0 radical (unpaired) electrons. The van der Waals surface area contributed by atoms with Crippen molar-refractivity contribution in [2.45, 2.75) is 76.2 Å². The molecule has 0 atom stereocenters. The Bertz CT molecular complexity index is 183. The summed E-state index contributed by atoms with van der Waals surface area (Å²) in [7, 11) is 0. The van der Waals surface area contributed by atoms with Crippen LogP contribution in [0.1, 0.15) is 63.8 Å². The minimum atomic E-state index is -5.24. The number of rotatable bonds is 0. The number of halogens is 6. The third-order valence-corrected chi connectivity index (χ3v) is 1.42. The first-order chi connectivity index (χ1) is 6.50. The first-order valence-electron chi connectivity index (χ1n) is 4.63. The number of alkyl halides is 6. The normalized spacial score (nSPS) is 12.0. The van der Waals surface area contributed by atoms with Gasteiger partial charge in [0.1, 0.15) is 0 Å². The van der Waals surface area contributed by atoms with E-state index in [1.807, 2.05) is 0 Å². The molecule has 0 unspecified atom stereocenters. The standard InChI is InChI=1S/C5H6F6.C5H12.3CH4/c1-3(2,4(6,7)8)5(9,10)11;1-5(2,3)4;;;/h1-2H3;1-4H3;3*1H4. The van der Waals surface area contributed by atoms with Crippen molar-refractivity contribution in [1.29, 1.82) is 0 Å². The van der Waals surface area contributed by atoms with E-state index in [2.05, 4.69) is 27.7 Å². The van der Waals surface area contributed by atoms with Crippen molar-refractivity contribution in [3.8, 4) is 0 Å². The van der Waals surface area contributed by atoms with Gasteiger partial charge in [-0.05, 0) is 19.3 Å². The van der Waals surface area contributed by atoms with E-state index < -0.39 is 17.8 Å². The molecule has 0 heterocycles. The second-order valence-corrected chi connectivity index (χ2v) is 5.62. The summed E-state index contributed by atoms with van der Waals surface area (Å²) in [5, 5.41) is 0. The maximum atomic E-state index is 11.6. The fourth-order valence-corrected chi connectivity index (χ4v) is 0.161. The Labute approximate surface area is 114 Å². The lowest BCUT2D eigenvalue weighted by Crippen LogP contribution is -2.44. The maximum absolute atomic E-state index is 11.6. The molecule has 0 saturated heterocycles. The van der Waals surface area contributed by atoms with Gasteiger partial charge in [-0.3, -0.25) is 0 Å². The third-order valence-electron chi connectivity index (χ3n) is 1.42. The van der Waals surface area contributed by atoms with Gasteiger partial charge >= 0.3 is 12.4 Å². The van der Waals surface area contributed by atoms with Crippen LogP contribution in [0.4, 0.5) is 26.3 Å². The summed E-state index contributed by atoms with van der Waals surface area (Å²) < 4.78 is 69.7. The van der Waals surface area contributed by atoms with Crippen molar-refractivity contribution in [1.82, 2.24) is 0 Å². The summed E-state index contributed by atoms with van der Waals surface area (Å²) >= 11 is 0. The third kappa shape index (κ3) is 13.8. The average Bonchev–Trinajstić information content (AvgIpc) is 1.76. The van der Waals surface area contributed by atoms with E-state index in [-0.39, 0.29) is 36.1 Å². The molecular weight excluding hydrogens is 270 g/mol. The Hall–Kier alpha value is -0.420. The van der Waals surface area contributed by atoms with Crippen molar-refractivity contribution in [2.75, 3.05) is 0 Å². The van der Waals surface area contributed by atoms with Crippen LogP contribution in [0.3, 0.4) is 0 Å². The Morgan fingerprint density at radius 3 is 0.579 bits per heavy atom. The first kappa shape index (κ1) is 31.1. The molecule has 0 saturated carbocycles. The lowest BCUT2D eigenvalue weighted by molar-refractivity contribution is -0.327. The smallest absolute Gasteiger partial charge is 0.170 e. The highest BCUT2D eigenvalue weighted by atomic mass is 19.4. The van der Waals surface area contributed by atoms with Crippen LogP contribution in [0.15, 0.2) is 0 Å². The average molecular weight is 300 g/mol. The molecule has 0 aliphatic carbocycles. The highest BCUT2D eigenvalue weighted by Gasteiger charge is 2.64. The maximum Gasteiger partial charge on any atom is 0.402 e. The molecule has 0 aromatic rings. The van der Waals surface area contributed by atoms with Gasteiger partial charge in [0.05, 0.1) is 0 Å². The van der Waals surface area contributed by atoms with E-state index in [1.165, 1.54) is 0 Å². The van der Waals surface area contributed by atoms with Crippen molar-refractivity contribution in [3.63, 3.8) is 0 Å². The molecule has 0 aromatic carbocycles. The summed E-state index contributed by atoms with van der Waals surface area (Å²) in [6.45, 7) is 8.96. The molecular formula is C13H30F6. The van der Waals surface area contributed by atoms with Crippen molar-refractivity contribution in [2.24, 2.45) is 10.8 Å². The molecule has 0 aliphatic heterocycles. The van der Waals surface area contributed by atoms with Crippen LogP contribution in [0, 0.1) is 10.8 Å². The summed E-state index contributed by atoms with van der Waals surface area (Å²) in [5.74, 6) is 0. The monoisotopic (exact) mass is 300 g/mol. The van der Waals surface area contributed by atoms with Gasteiger partial charge in [-0.25, -0.2) is 0 Å². The van der Waals surface area contributed by atoms with Gasteiger partial charge in [0.15, 0.2) is 5.41 Å². The summed E-state index contributed by atoms with van der Waals surface area (Å²) in [6.07, 6.45) is -10.5. The number of hydrogen-bond acceptors (Lipinski definition) is 0. The second kappa shape index (κ2) is 8.69.